The molecule has 0 aromatic heterocycles. The standard InChI is InChI=1S/C14H18N2O2/c1-3-15-14(18)11-8-13(17)16(9-11)12-6-4-10(2)5-7-12/h4-7,11H,3,8-9H2,1-2H3,(H,15,18)/t11-/m1/s1. The van der Waals surface area contributed by atoms with E-state index in [-0.39, 0.29) is 17.7 Å². The van der Waals surface area contributed by atoms with Gasteiger partial charge in [-0.3, -0.25) is 9.59 Å². The van der Waals surface area contributed by atoms with Crippen LogP contribution in [0.1, 0.15) is 18.9 Å². The Balaban J connectivity index is 2.10. The maximum atomic E-state index is 11.9. The summed E-state index contributed by atoms with van der Waals surface area (Å²) in [5.74, 6) is -0.227. The number of anilines is 1. The molecule has 0 bridgehead atoms. The largest absolute Gasteiger partial charge is 0.356 e. The summed E-state index contributed by atoms with van der Waals surface area (Å²) in [6.07, 6.45) is 0.305. The Kier molecular flexibility index (Phi) is 3.65. The SMILES string of the molecule is CCNC(=O)[C@@H]1CC(=O)N(c2ccc(C)cc2)C1. The topological polar surface area (TPSA) is 49.4 Å². The van der Waals surface area contributed by atoms with E-state index in [0.29, 0.717) is 19.5 Å². The Hall–Kier alpha value is -1.84. The van der Waals surface area contributed by atoms with Gasteiger partial charge in [0.2, 0.25) is 11.8 Å². The van der Waals surface area contributed by atoms with Gasteiger partial charge in [0.15, 0.2) is 0 Å². The molecule has 1 aliphatic rings. The third-order valence-electron chi connectivity index (χ3n) is 3.19. The first-order chi connectivity index (χ1) is 8.61. The minimum atomic E-state index is -0.223. The van der Waals surface area contributed by atoms with E-state index in [1.54, 1.807) is 4.90 Å². The van der Waals surface area contributed by atoms with Crippen LogP contribution in [-0.4, -0.2) is 24.9 Å². The van der Waals surface area contributed by atoms with Crippen LogP contribution in [0.3, 0.4) is 0 Å². The lowest BCUT2D eigenvalue weighted by atomic mass is 10.1. The molecule has 96 valence electrons. The number of rotatable bonds is 3. The molecule has 1 aliphatic heterocycles. The van der Waals surface area contributed by atoms with Crippen molar-refractivity contribution in [2.45, 2.75) is 20.3 Å². The van der Waals surface area contributed by atoms with Gasteiger partial charge >= 0.3 is 0 Å². The number of amides is 2. The van der Waals surface area contributed by atoms with Crippen molar-refractivity contribution < 1.29 is 9.59 Å². The predicted molar refractivity (Wildman–Crippen MR) is 70.3 cm³/mol. The van der Waals surface area contributed by atoms with Crippen molar-refractivity contribution in [2.75, 3.05) is 18.0 Å². The average Bonchev–Trinajstić information content (AvgIpc) is 2.73. The number of carbonyl (C=O) groups is 2. The molecule has 2 rings (SSSR count). The van der Waals surface area contributed by atoms with Crippen molar-refractivity contribution in [1.29, 1.82) is 0 Å². The molecule has 0 radical (unpaired) electrons. The van der Waals surface area contributed by atoms with Crippen molar-refractivity contribution >= 4 is 17.5 Å². The quantitative estimate of drug-likeness (QED) is 0.878. The van der Waals surface area contributed by atoms with Crippen molar-refractivity contribution in [3.05, 3.63) is 29.8 Å². The van der Waals surface area contributed by atoms with E-state index in [9.17, 15) is 9.59 Å². The summed E-state index contributed by atoms with van der Waals surface area (Å²) in [5.41, 5.74) is 2.03. The van der Waals surface area contributed by atoms with Gasteiger partial charge < -0.3 is 10.2 Å². The number of nitrogens with zero attached hydrogens (tertiary/aromatic N) is 1. The normalized spacial score (nSPS) is 19.1. The summed E-state index contributed by atoms with van der Waals surface area (Å²) in [5, 5.41) is 2.77. The Morgan fingerprint density at radius 2 is 2.06 bits per heavy atom. The van der Waals surface area contributed by atoms with Gasteiger partial charge in [-0.05, 0) is 26.0 Å². The summed E-state index contributed by atoms with van der Waals surface area (Å²) in [6, 6.07) is 7.80. The highest BCUT2D eigenvalue weighted by Gasteiger charge is 2.34. The lowest BCUT2D eigenvalue weighted by Gasteiger charge is -2.16. The monoisotopic (exact) mass is 246 g/mol. The van der Waals surface area contributed by atoms with E-state index in [0.717, 1.165) is 11.3 Å². The molecule has 1 fully saturated rings. The molecule has 0 saturated carbocycles. The van der Waals surface area contributed by atoms with E-state index in [1.165, 1.54) is 0 Å². The second kappa shape index (κ2) is 5.21. The summed E-state index contributed by atoms with van der Waals surface area (Å²) in [7, 11) is 0. The Morgan fingerprint density at radius 1 is 1.39 bits per heavy atom. The molecule has 1 aromatic rings. The first kappa shape index (κ1) is 12.6. The molecule has 0 spiro atoms. The molecular formula is C14H18N2O2. The average molecular weight is 246 g/mol. The van der Waals surface area contributed by atoms with Crippen LogP contribution in [0.15, 0.2) is 24.3 Å². The molecule has 1 atom stereocenters. The maximum absolute atomic E-state index is 11.9. The fourth-order valence-electron chi connectivity index (χ4n) is 2.18. The zero-order valence-corrected chi connectivity index (χ0v) is 10.8. The molecule has 4 heteroatoms. The third-order valence-corrected chi connectivity index (χ3v) is 3.19. The molecule has 1 N–H and O–H groups in total. The Bertz CT molecular complexity index is 453. The maximum Gasteiger partial charge on any atom is 0.227 e. The zero-order chi connectivity index (χ0) is 13.1. The first-order valence-electron chi connectivity index (χ1n) is 6.26. The molecular weight excluding hydrogens is 228 g/mol. The minimum absolute atomic E-state index is 0.0232. The number of hydrogen-bond acceptors (Lipinski definition) is 2. The van der Waals surface area contributed by atoms with Crippen LogP contribution in [0.4, 0.5) is 5.69 Å². The van der Waals surface area contributed by atoms with Crippen LogP contribution in [0, 0.1) is 12.8 Å². The zero-order valence-electron chi connectivity index (χ0n) is 10.8. The summed E-state index contributed by atoms with van der Waals surface area (Å²) in [4.78, 5) is 25.4. The van der Waals surface area contributed by atoms with E-state index >= 15 is 0 Å². The van der Waals surface area contributed by atoms with Crippen LogP contribution in [0.2, 0.25) is 0 Å². The van der Waals surface area contributed by atoms with E-state index in [1.807, 2.05) is 38.1 Å². The highest BCUT2D eigenvalue weighted by molar-refractivity contribution is 6.00. The van der Waals surface area contributed by atoms with E-state index in [2.05, 4.69) is 5.32 Å². The van der Waals surface area contributed by atoms with Gasteiger partial charge in [0.05, 0.1) is 5.92 Å². The minimum Gasteiger partial charge on any atom is -0.356 e. The van der Waals surface area contributed by atoms with Crippen LogP contribution < -0.4 is 10.2 Å². The van der Waals surface area contributed by atoms with Crippen molar-refractivity contribution in [1.82, 2.24) is 5.32 Å². The van der Waals surface area contributed by atoms with Gasteiger partial charge in [-0.1, -0.05) is 17.7 Å². The second-order valence-electron chi connectivity index (χ2n) is 4.64. The summed E-state index contributed by atoms with van der Waals surface area (Å²) < 4.78 is 0. The molecule has 4 nitrogen and oxygen atoms in total. The Morgan fingerprint density at radius 3 is 2.67 bits per heavy atom. The highest BCUT2D eigenvalue weighted by atomic mass is 16.2. The molecule has 18 heavy (non-hydrogen) atoms. The van der Waals surface area contributed by atoms with Gasteiger partial charge in [-0.15, -0.1) is 0 Å². The van der Waals surface area contributed by atoms with Gasteiger partial charge in [-0.2, -0.15) is 0 Å². The summed E-state index contributed by atoms with van der Waals surface area (Å²) in [6.45, 7) is 4.97. The van der Waals surface area contributed by atoms with Gasteiger partial charge in [0.1, 0.15) is 0 Å². The second-order valence-corrected chi connectivity index (χ2v) is 4.64. The number of carbonyl (C=O) groups excluding carboxylic acids is 2. The molecule has 1 heterocycles. The highest BCUT2D eigenvalue weighted by Crippen LogP contribution is 2.25. The van der Waals surface area contributed by atoms with Crippen LogP contribution in [0.5, 0.6) is 0 Å². The van der Waals surface area contributed by atoms with Crippen molar-refractivity contribution in [2.24, 2.45) is 5.92 Å². The first-order valence-corrected chi connectivity index (χ1v) is 6.26. The van der Waals surface area contributed by atoms with Crippen LogP contribution in [0.25, 0.3) is 0 Å². The smallest absolute Gasteiger partial charge is 0.227 e. The van der Waals surface area contributed by atoms with E-state index in [4.69, 9.17) is 0 Å². The van der Waals surface area contributed by atoms with E-state index < -0.39 is 0 Å². The molecule has 2 amide bonds. The van der Waals surface area contributed by atoms with Crippen LogP contribution in [-0.2, 0) is 9.59 Å². The fourth-order valence-corrected chi connectivity index (χ4v) is 2.18. The molecule has 1 saturated heterocycles. The fraction of sp³-hybridized carbons (Fsp3) is 0.429. The van der Waals surface area contributed by atoms with Crippen molar-refractivity contribution in [3.8, 4) is 0 Å². The number of aryl methyl sites for hydroxylation is 1. The third kappa shape index (κ3) is 2.53. The van der Waals surface area contributed by atoms with Gasteiger partial charge in [0, 0.05) is 25.2 Å². The van der Waals surface area contributed by atoms with Gasteiger partial charge in [0.25, 0.3) is 0 Å². The van der Waals surface area contributed by atoms with Gasteiger partial charge in [-0.25, -0.2) is 0 Å². The lowest BCUT2D eigenvalue weighted by molar-refractivity contribution is -0.126. The number of nitrogens with one attached hydrogen (secondary N) is 1. The summed E-state index contributed by atoms with van der Waals surface area (Å²) >= 11 is 0. The number of hydrogen-bond donors (Lipinski definition) is 1. The molecule has 1 aromatic carbocycles. The molecule has 0 aliphatic carbocycles. The predicted octanol–water partition coefficient (Wildman–Crippen LogP) is 1.48. The molecule has 0 unspecified atom stereocenters. The number of benzene rings is 1. The van der Waals surface area contributed by atoms with Crippen LogP contribution >= 0.6 is 0 Å². The Labute approximate surface area is 107 Å². The van der Waals surface area contributed by atoms with Crippen molar-refractivity contribution in [3.63, 3.8) is 0 Å². The lowest BCUT2D eigenvalue weighted by Crippen LogP contribution is -2.32.